The summed E-state index contributed by atoms with van der Waals surface area (Å²) < 4.78 is 2.55. The van der Waals surface area contributed by atoms with Crippen LogP contribution >= 0.6 is 15.9 Å². The number of aryl methyl sites for hydroxylation is 2. The average Bonchev–Trinajstić information content (AvgIpc) is 2.67. The quantitative estimate of drug-likeness (QED) is 0.816. The molecule has 0 N–H and O–H groups in total. The lowest BCUT2D eigenvalue weighted by Crippen LogP contribution is -2.04. The van der Waals surface area contributed by atoms with E-state index in [1.165, 1.54) is 0 Å². The Kier molecular flexibility index (Phi) is 3.43. The van der Waals surface area contributed by atoms with Crippen LogP contribution in [0.4, 0.5) is 0 Å². The van der Waals surface area contributed by atoms with Crippen LogP contribution in [0.5, 0.6) is 0 Å². The summed E-state index contributed by atoms with van der Waals surface area (Å²) in [6.07, 6.45) is 3.97. The van der Waals surface area contributed by atoms with Crippen LogP contribution in [0.2, 0.25) is 0 Å². The van der Waals surface area contributed by atoms with Crippen LogP contribution in [-0.2, 0) is 13.5 Å². The van der Waals surface area contributed by atoms with Gasteiger partial charge in [-0.15, -0.1) is 0 Å². The molecule has 1 aromatic heterocycles. The minimum atomic E-state index is 0.105. The monoisotopic (exact) mass is 292 g/mol. The average molecular weight is 293 g/mol. The summed E-state index contributed by atoms with van der Waals surface area (Å²) in [6, 6.07) is 5.79. The van der Waals surface area contributed by atoms with Crippen LogP contribution in [-0.4, -0.2) is 15.6 Å². The highest BCUT2D eigenvalue weighted by Crippen LogP contribution is 2.20. The first-order valence-electron chi connectivity index (χ1n) is 5.33. The molecule has 0 saturated carbocycles. The van der Waals surface area contributed by atoms with Crippen molar-refractivity contribution in [3.63, 3.8) is 0 Å². The molecular formula is C13H13BrN2O. The molecule has 0 amide bonds. The van der Waals surface area contributed by atoms with Crippen LogP contribution in [0.1, 0.15) is 21.5 Å². The Morgan fingerprint density at radius 1 is 1.47 bits per heavy atom. The number of carbonyl (C=O) groups is 1. The van der Waals surface area contributed by atoms with Crippen molar-refractivity contribution in [2.75, 3.05) is 0 Å². The molecule has 0 aliphatic carbocycles. The van der Waals surface area contributed by atoms with Crippen LogP contribution in [0.25, 0.3) is 0 Å². The maximum atomic E-state index is 12.1. The largest absolute Gasteiger partial charge is 0.294 e. The lowest BCUT2D eigenvalue weighted by Gasteiger charge is -2.04. The second-order valence-electron chi connectivity index (χ2n) is 4.11. The summed E-state index contributed by atoms with van der Waals surface area (Å²) in [5, 5.41) is 4.06. The zero-order valence-corrected chi connectivity index (χ0v) is 11.4. The highest BCUT2D eigenvalue weighted by atomic mass is 79.9. The number of rotatable bonds is 3. The van der Waals surface area contributed by atoms with Crippen molar-refractivity contribution >= 4 is 21.7 Å². The van der Waals surface area contributed by atoms with E-state index < -0.39 is 0 Å². The molecule has 88 valence electrons. The predicted molar refractivity (Wildman–Crippen MR) is 70.1 cm³/mol. The van der Waals surface area contributed by atoms with Gasteiger partial charge in [-0.2, -0.15) is 5.10 Å². The van der Waals surface area contributed by atoms with E-state index in [1.54, 1.807) is 10.9 Å². The Balaban J connectivity index is 2.22. The summed E-state index contributed by atoms with van der Waals surface area (Å²) in [5.41, 5.74) is 2.75. The molecule has 4 heteroatoms. The molecule has 17 heavy (non-hydrogen) atoms. The number of ketones is 1. The number of nitrogens with zero attached hydrogens (tertiary/aromatic N) is 2. The fourth-order valence-corrected chi connectivity index (χ4v) is 2.16. The van der Waals surface area contributed by atoms with E-state index in [9.17, 15) is 4.79 Å². The zero-order valence-electron chi connectivity index (χ0n) is 9.77. The van der Waals surface area contributed by atoms with E-state index in [2.05, 4.69) is 21.0 Å². The molecule has 0 spiro atoms. The lowest BCUT2D eigenvalue weighted by atomic mass is 10.0. The van der Waals surface area contributed by atoms with Crippen LogP contribution in [0, 0.1) is 6.92 Å². The van der Waals surface area contributed by atoms with Crippen molar-refractivity contribution in [1.29, 1.82) is 0 Å². The second-order valence-corrected chi connectivity index (χ2v) is 4.96. The summed E-state index contributed by atoms with van der Waals surface area (Å²) in [5.74, 6) is 0.105. The molecule has 1 aromatic carbocycles. The molecular weight excluding hydrogens is 280 g/mol. The molecule has 0 radical (unpaired) electrons. The Hall–Kier alpha value is -1.42. The summed E-state index contributed by atoms with van der Waals surface area (Å²) in [6.45, 7) is 1.98. The summed E-state index contributed by atoms with van der Waals surface area (Å²) >= 11 is 3.41. The third kappa shape index (κ3) is 2.82. The maximum Gasteiger partial charge on any atom is 0.168 e. The number of aromatic nitrogens is 2. The van der Waals surface area contributed by atoms with E-state index in [1.807, 2.05) is 38.4 Å². The maximum absolute atomic E-state index is 12.1. The number of carbonyl (C=O) groups excluding carboxylic acids is 1. The summed E-state index contributed by atoms with van der Waals surface area (Å²) in [7, 11) is 1.84. The van der Waals surface area contributed by atoms with Crippen molar-refractivity contribution < 1.29 is 4.79 Å². The Labute approximate surface area is 109 Å². The molecule has 1 heterocycles. The van der Waals surface area contributed by atoms with Crippen LogP contribution < -0.4 is 0 Å². The molecule has 3 nitrogen and oxygen atoms in total. The first kappa shape index (κ1) is 12.0. The van der Waals surface area contributed by atoms with Gasteiger partial charge in [-0.3, -0.25) is 9.48 Å². The molecule has 0 atom stereocenters. The lowest BCUT2D eigenvalue weighted by molar-refractivity contribution is 0.0992. The second kappa shape index (κ2) is 4.84. The number of halogens is 1. The van der Waals surface area contributed by atoms with Crippen molar-refractivity contribution in [3.05, 3.63) is 51.8 Å². The minimum absolute atomic E-state index is 0.105. The zero-order chi connectivity index (χ0) is 12.4. The molecule has 2 rings (SSSR count). The van der Waals surface area contributed by atoms with Crippen molar-refractivity contribution in [2.45, 2.75) is 13.3 Å². The van der Waals surface area contributed by atoms with Gasteiger partial charge in [0.25, 0.3) is 0 Å². The standard InChI is InChI=1S/C13H13BrN2O/c1-9-3-4-12(14)11(5-9)13(17)6-10-7-15-16(2)8-10/h3-5,7-8H,6H2,1-2H3. The van der Waals surface area contributed by atoms with E-state index in [0.29, 0.717) is 6.42 Å². The molecule has 0 fully saturated rings. The SMILES string of the molecule is Cc1ccc(Br)c(C(=O)Cc2cnn(C)c2)c1. The molecule has 2 aromatic rings. The number of benzene rings is 1. The van der Waals surface area contributed by atoms with Gasteiger partial charge < -0.3 is 0 Å². The van der Waals surface area contributed by atoms with Crippen molar-refractivity contribution in [3.8, 4) is 0 Å². The topological polar surface area (TPSA) is 34.9 Å². The smallest absolute Gasteiger partial charge is 0.168 e. The van der Waals surface area contributed by atoms with Gasteiger partial charge in [-0.05, 0) is 24.6 Å². The normalized spacial score (nSPS) is 10.5. The first-order chi connectivity index (χ1) is 8.06. The third-order valence-corrected chi connectivity index (χ3v) is 3.24. The van der Waals surface area contributed by atoms with E-state index in [-0.39, 0.29) is 5.78 Å². The Morgan fingerprint density at radius 3 is 2.88 bits per heavy atom. The van der Waals surface area contributed by atoms with Gasteiger partial charge in [0.2, 0.25) is 0 Å². The van der Waals surface area contributed by atoms with E-state index >= 15 is 0 Å². The molecule has 0 aliphatic rings. The van der Waals surface area contributed by atoms with Gasteiger partial charge in [0, 0.05) is 29.7 Å². The molecule has 0 bridgehead atoms. The fourth-order valence-electron chi connectivity index (χ4n) is 1.70. The third-order valence-electron chi connectivity index (χ3n) is 2.55. The Bertz CT molecular complexity index is 560. The fraction of sp³-hybridized carbons (Fsp3) is 0.231. The van der Waals surface area contributed by atoms with Gasteiger partial charge in [0.15, 0.2) is 5.78 Å². The molecule has 0 unspecified atom stereocenters. The highest BCUT2D eigenvalue weighted by Gasteiger charge is 2.11. The van der Waals surface area contributed by atoms with Gasteiger partial charge in [0.05, 0.1) is 6.20 Å². The number of hydrogen-bond acceptors (Lipinski definition) is 2. The van der Waals surface area contributed by atoms with Gasteiger partial charge in [0.1, 0.15) is 0 Å². The van der Waals surface area contributed by atoms with Crippen LogP contribution in [0.15, 0.2) is 35.1 Å². The first-order valence-corrected chi connectivity index (χ1v) is 6.12. The molecule has 0 aliphatic heterocycles. The van der Waals surface area contributed by atoms with Crippen LogP contribution in [0.3, 0.4) is 0 Å². The predicted octanol–water partition coefficient (Wildman–Crippen LogP) is 2.92. The van der Waals surface area contributed by atoms with Crippen molar-refractivity contribution in [1.82, 2.24) is 9.78 Å². The summed E-state index contributed by atoms with van der Waals surface area (Å²) in [4.78, 5) is 12.1. The number of Topliss-reactive ketones (excluding diaryl/α,β-unsaturated/α-hetero) is 1. The highest BCUT2D eigenvalue weighted by molar-refractivity contribution is 9.10. The van der Waals surface area contributed by atoms with Gasteiger partial charge in [-0.1, -0.05) is 27.6 Å². The van der Waals surface area contributed by atoms with Gasteiger partial charge in [-0.25, -0.2) is 0 Å². The Morgan fingerprint density at radius 2 is 2.24 bits per heavy atom. The molecule has 0 saturated heterocycles. The number of hydrogen-bond donors (Lipinski definition) is 0. The van der Waals surface area contributed by atoms with Crippen molar-refractivity contribution in [2.24, 2.45) is 7.05 Å². The minimum Gasteiger partial charge on any atom is -0.294 e. The van der Waals surface area contributed by atoms with E-state index in [0.717, 1.165) is 21.2 Å². The van der Waals surface area contributed by atoms with E-state index in [4.69, 9.17) is 0 Å². The van der Waals surface area contributed by atoms with Gasteiger partial charge >= 0.3 is 0 Å².